The van der Waals surface area contributed by atoms with Crippen LogP contribution in [-0.4, -0.2) is 6.29 Å². The summed E-state index contributed by atoms with van der Waals surface area (Å²) in [5, 5.41) is 0. The molecule has 0 radical (unpaired) electrons. The van der Waals surface area contributed by atoms with Gasteiger partial charge in [0.05, 0.1) is 0 Å². The summed E-state index contributed by atoms with van der Waals surface area (Å²) in [5.74, 6) is 0.442. The van der Waals surface area contributed by atoms with Crippen LogP contribution in [0.5, 0.6) is 0 Å². The Labute approximate surface area is 49.1 Å². The second-order valence-electron chi connectivity index (χ2n) is 3.30. The SMILES string of the molecule is O=CC1CC2(CC2)C1. The van der Waals surface area contributed by atoms with Crippen LogP contribution in [0, 0.1) is 11.3 Å². The molecule has 0 N–H and O–H groups in total. The molecule has 0 unspecified atom stereocenters. The molecule has 2 aliphatic carbocycles. The van der Waals surface area contributed by atoms with Crippen molar-refractivity contribution in [3.63, 3.8) is 0 Å². The van der Waals surface area contributed by atoms with Gasteiger partial charge in [0.1, 0.15) is 6.29 Å². The van der Waals surface area contributed by atoms with Crippen LogP contribution in [0.4, 0.5) is 0 Å². The van der Waals surface area contributed by atoms with Crippen molar-refractivity contribution >= 4 is 6.29 Å². The fourth-order valence-corrected chi connectivity index (χ4v) is 1.73. The lowest BCUT2D eigenvalue weighted by atomic mass is 9.73. The third-order valence-electron chi connectivity index (χ3n) is 2.54. The summed E-state index contributed by atoms with van der Waals surface area (Å²) >= 11 is 0. The van der Waals surface area contributed by atoms with Crippen molar-refractivity contribution in [1.82, 2.24) is 0 Å². The van der Waals surface area contributed by atoms with Crippen LogP contribution in [0.15, 0.2) is 0 Å². The highest BCUT2D eigenvalue weighted by atomic mass is 16.1. The van der Waals surface area contributed by atoms with E-state index in [4.69, 9.17) is 0 Å². The van der Waals surface area contributed by atoms with Gasteiger partial charge in [0.25, 0.3) is 0 Å². The van der Waals surface area contributed by atoms with Crippen LogP contribution in [0.3, 0.4) is 0 Å². The van der Waals surface area contributed by atoms with E-state index in [0.717, 1.165) is 6.29 Å². The zero-order valence-electron chi connectivity index (χ0n) is 4.89. The molecule has 0 amide bonds. The molecule has 0 atom stereocenters. The Hall–Kier alpha value is -0.330. The number of aldehydes is 1. The highest BCUT2D eigenvalue weighted by Crippen LogP contribution is 2.62. The fraction of sp³-hybridized carbons (Fsp3) is 0.857. The van der Waals surface area contributed by atoms with Crippen LogP contribution in [-0.2, 0) is 4.79 Å². The molecule has 0 heterocycles. The van der Waals surface area contributed by atoms with Crippen molar-refractivity contribution in [3.8, 4) is 0 Å². The molecule has 2 aliphatic rings. The lowest BCUT2D eigenvalue weighted by molar-refractivity contribution is -0.115. The molecule has 0 aromatic heterocycles. The van der Waals surface area contributed by atoms with Crippen molar-refractivity contribution in [2.75, 3.05) is 0 Å². The number of rotatable bonds is 1. The Kier molecular flexibility index (Phi) is 0.651. The van der Waals surface area contributed by atoms with E-state index in [-0.39, 0.29) is 0 Å². The number of hydrogen-bond acceptors (Lipinski definition) is 1. The van der Waals surface area contributed by atoms with E-state index in [1.807, 2.05) is 0 Å². The molecule has 8 heavy (non-hydrogen) atoms. The lowest BCUT2D eigenvalue weighted by Crippen LogP contribution is -2.25. The second kappa shape index (κ2) is 1.15. The van der Waals surface area contributed by atoms with Gasteiger partial charge in [0.2, 0.25) is 0 Å². The Morgan fingerprint density at radius 1 is 1.38 bits per heavy atom. The summed E-state index contributed by atoms with van der Waals surface area (Å²) in [4.78, 5) is 10.1. The zero-order chi connectivity index (χ0) is 5.61. The van der Waals surface area contributed by atoms with Crippen molar-refractivity contribution in [3.05, 3.63) is 0 Å². The smallest absolute Gasteiger partial charge is 0.123 e. The van der Waals surface area contributed by atoms with Crippen LogP contribution in [0.1, 0.15) is 25.7 Å². The van der Waals surface area contributed by atoms with E-state index in [0.29, 0.717) is 11.3 Å². The van der Waals surface area contributed by atoms with Gasteiger partial charge in [-0.25, -0.2) is 0 Å². The van der Waals surface area contributed by atoms with Crippen LogP contribution >= 0.6 is 0 Å². The molecule has 2 saturated carbocycles. The standard InChI is InChI=1S/C7H10O/c8-5-6-3-7(4-6)1-2-7/h5-6H,1-4H2. The largest absolute Gasteiger partial charge is 0.303 e. The van der Waals surface area contributed by atoms with Gasteiger partial charge in [-0.2, -0.15) is 0 Å². The number of carbonyl (C=O) groups is 1. The predicted octanol–water partition coefficient (Wildman–Crippen LogP) is 1.38. The van der Waals surface area contributed by atoms with Gasteiger partial charge in [0, 0.05) is 5.92 Å². The molecular weight excluding hydrogens is 100 g/mol. The highest BCUT2D eigenvalue weighted by molar-refractivity contribution is 5.56. The molecule has 2 fully saturated rings. The average molecular weight is 110 g/mol. The third kappa shape index (κ3) is 0.445. The van der Waals surface area contributed by atoms with Crippen LogP contribution < -0.4 is 0 Å². The first-order valence-corrected chi connectivity index (χ1v) is 3.30. The molecule has 2 rings (SSSR count). The minimum Gasteiger partial charge on any atom is -0.303 e. The van der Waals surface area contributed by atoms with Crippen LogP contribution in [0.2, 0.25) is 0 Å². The zero-order valence-corrected chi connectivity index (χ0v) is 4.89. The maximum Gasteiger partial charge on any atom is 0.123 e. The Bertz CT molecular complexity index is 116. The highest BCUT2D eigenvalue weighted by Gasteiger charge is 2.52. The first-order chi connectivity index (χ1) is 3.85. The molecular formula is C7H10O. The summed E-state index contributed by atoms with van der Waals surface area (Å²) in [6.45, 7) is 0. The van der Waals surface area contributed by atoms with Gasteiger partial charge in [-0.1, -0.05) is 0 Å². The van der Waals surface area contributed by atoms with Gasteiger partial charge in [0.15, 0.2) is 0 Å². The second-order valence-corrected chi connectivity index (χ2v) is 3.30. The molecule has 44 valence electrons. The van der Waals surface area contributed by atoms with E-state index < -0.39 is 0 Å². The van der Waals surface area contributed by atoms with E-state index in [1.54, 1.807) is 0 Å². The molecule has 0 aromatic rings. The predicted molar refractivity (Wildman–Crippen MR) is 30.5 cm³/mol. The average Bonchev–Trinajstić information content (AvgIpc) is 2.38. The first-order valence-electron chi connectivity index (χ1n) is 3.30. The molecule has 0 bridgehead atoms. The van der Waals surface area contributed by atoms with Gasteiger partial charge in [-0.15, -0.1) is 0 Å². The quantitative estimate of drug-likeness (QED) is 0.466. The minimum atomic E-state index is 0.442. The van der Waals surface area contributed by atoms with Gasteiger partial charge in [-0.05, 0) is 31.1 Å². The minimum absolute atomic E-state index is 0.442. The van der Waals surface area contributed by atoms with E-state index in [9.17, 15) is 4.79 Å². The monoisotopic (exact) mass is 110 g/mol. The van der Waals surface area contributed by atoms with E-state index in [1.165, 1.54) is 25.7 Å². The van der Waals surface area contributed by atoms with E-state index >= 15 is 0 Å². The van der Waals surface area contributed by atoms with Gasteiger partial charge >= 0.3 is 0 Å². The molecule has 1 nitrogen and oxygen atoms in total. The molecule has 1 heteroatoms. The number of hydrogen-bond donors (Lipinski definition) is 0. The first kappa shape index (κ1) is 4.54. The third-order valence-corrected chi connectivity index (χ3v) is 2.54. The maximum absolute atomic E-state index is 10.1. The summed E-state index contributed by atoms with van der Waals surface area (Å²) in [7, 11) is 0. The van der Waals surface area contributed by atoms with Crippen molar-refractivity contribution in [2.45, 2.75) is 25.7 Å². The summed E-state index contributed by atoms with van der Waals surface area (Å²) in [6, 6.07) is 0. The van der Waals surface area contributed by atoms with Crippen molar-refractivity contribution < 1.29 is 4.79 Å². The number of carbonyl (C=O) groups excluding carboxylic acids is 1. The molecule has 0 saturated heterocycles. The maximum atomic E-state index is 10.1. The Balaban J connectivity index is 1.91. The molecule has 0 aliphatic heterocycles. The molecule has 0 aromatic carbocycles. The normalized spacial score (nSPS) is 32.0. The Morgan fingerprint density at radius 3 is 2.38 bits per heavy atom. The summed E-state index contributed by atoms with van der Waals surface area (Å²) in [6.07, 6.45) is 6.32. The van der Waals surface area contributed by atoms with Crippen molar-refractivity contribution in [2.24, 2.45) is 11.3 Å². The Morgan fingerprint density at radius 2 is 2.00 bits per heavy atom. The van der Waals surface area contributed by atoms with Crippen LogP contribution in [0.25, 0.3) is 0 Å². The van der Waals surface area contributed by atoms with Gasteiger partial charge in [-0.3, -0.25) is 0 Å². The fourth-order valence-electron chi connectivity index (χ4n) is 1.73. The van der Waals surface area contributed by atoms with Crippen molar-refractivity contribution in [1.29, 1.82) is 0 Å². The lowest BCUT2D eigenvalue weighted by Gasteiger charge is -2.31. The van der Waals surface area contributed by atoms with Gasteiger partial charge < -0.3 is 4.79 Å². The summed E-state index contributed by atoms with van der Waals surface area (Å²) in [5.41, 5.74) is 0.714. The topological polar surface area (TPSA) is 17.1 Å². The summed E-state index contributed by atoms with van der Waals surface area (Å²) < 4.78 is 0. The van der Waals surface area contributed by atoms with E-state index in [2.05, 4.69) is 0 Å². The molecule has 1 spiro atoms.